The summed E-state index contributed by atoms with van der Waals surface area (Å²) >= 11 is 0. The summed E-state index contributed by atoms with van der Waals surface area (Å²) in [5.41, 5.74) is 1.37. The number of nitrogens with one attached hydrogen (secondary N) is 2. The normalized spacial score (nSPS) is 17.8. The molecule has 2 amide bonds. The van der Waals surface area contributed by atoms with Crippen LogP contribution in [0.15, 0.2) is 36.7 Å². The molecular formula is C13H13N5O2. The predicted molar refractivity (Wildman–Crippen MR) is 71.1 cm³/mol. The maximum Gasteiger partial charge on any atom is 0.229 e. The van der Waals surface area contributed by atoms with Crippen molar-refractivity contribution in [2.75, 3.05) is 11.9 Å². The first kappa shape index (κ1) is 12.3. The van der Waals surface area contributed by atoms with Crippen molar-refractivity contribution in [1.29, 1.82) is 0 Å². The summed E-state index contributed by atoms with van der Waals surface area (Å²) in [4.78, 5) is 23.3. The van der Waals surface area contributed by atoms with Gasteiger partial charge in [0, 0.05) is 13.0 Å². The van der Waals surface area contributed by atoms with Gasteiger partial charge in [0.25, 0.3) is 0 Å². The number of hydrogen-bond acceptors (Lipinski definition) is 4. The van der Waals surface area contributed by atoms with E-state index in [2.05, 4.69) is 20.9 Å². The molecule has 7 heteroatoms. The smallest absolute Gasteiger partial charge is 0.229 e. The topological polar surface area (TPSA) is 88.9 Å². The minimum atomic E-state index is -0.327. The van der Waals surface area contributed by atoms with Crippen molar-refractivity contribution < 1.29 is 9.59 Å². The Labute approximate surface area is 115 Å². The number of aromatic nitrogens is 3. The van der Waals surface area contributed by atoms with E-state index < -0.39 is 0 Å². The minimum Gasteiger partial charge on any atom is -0.355 e. The number of rotatable bonds is 3. The van der Waals surface area contributed by atoms with Gasteiger partial charge in [-0.05, 0) is 12.1 Å². The molecule has 1 aliphatic rings. The average Bonchev–Trinajstić information content (AvgIpc) is 3.10. The van der Waals surface area contributed by atoms with E-state index in [-0.39, 0.29) is 24.2 Å². The van der Waals surface area contributed by atoms with E-state index >= 15 is 0 Å². The van der Waals surface area contributed by atoms with Crippen molar-refractivity contribution in [2.24, 2.45) is 5.92 Å². The summed E-state index contributed by atoms with van der Waals surface area (Å²) in [5, 5.41) is 13.2. The zero-order valence-corrected chi connectivity index (χ0v) is 10.6. The lowest BCUT2D eigenvalue weighted by Gasteiger charge is -2.12. The molecule has 0 spiro atoms. The fourth-order valence-corrected chi connectivity index (χ4v) is 2.14. The number of carbonyl (C=O) groups is 2. The molecule has 2 N–H and O–H groups in total. The number of carbonyl (C=O) groups excluding carboxylic acids is 2. The summed E-state index contributed by atoms with van der Waals surface area (Å²) in [6, 6.07) is 7.31. The van der Waals surface area contributed by atoms with Crippen molar-refractivity contribution in [1.82, 2.24) is 20.3 Å². The first-order chi connectivity index (χ1) is 9.74. The fourth-order valence-electron chi connectivity index (χ4n) is 2.14. The van der Waals surface area contributed by atoms with Gasteiger partial charge in [0.15, 0.2) is 0 Å². The summed E-state index contributed by atoms with van der Waals surface area (Å²) in [6.45, 7) is 0.385. The van der Waals surface area contributed by atoms with Crippen molar-refractivity contribution in [3.05, 3.63) is 36.7 Å². The Bertz CT molecular complexity index is 638. The second kappa shape index (κ2) is 5.12. The summed E-state index contributed by atoms with van der Waals surface area (Å²) in [6.07, 6.45) is 3.50. The van der Waals surface area contributed by atoms with Crippen LogP contribution >= 0.6 is 0 Å². The molecule has 20 heavy (non-hydrogen) atoms. The van der Waals surface area contributed by atoms with Crippen LogP contribution in [0.3, 0.4) is 0 Å². The largest absolute Gasteiger partial charge is 0.355 e. The Morgan fingerprint density at radius 3 is 2.95 bits per heavy atom. The zero-order chi connectivity index (χ0) is 13.9. The Morgan fingerprint density at radius 1 is 1.40 bits per heavy atom. The second-order valence-corrected chi connectivity index (χ2v) is 4.56. The molecule has 1 unspecified atom stereocenters. The van der Waals surface area contributed by atoms with Crippen LogP contribution in [0.1, 0.15) is 6.42 Å². The summed E-state index contributed by atoms with van der Waals surface area (Å²) < 4.78 is 1.58. The molecule has 1 fully saturated rings. The Kier molecular flexibility index (Phi) is 3.16. The van der Waals surface area contributed by atoms with Crippen LogP contribution in [0.4, 0.5) is 5.69 Å². The lowest BCUT2D eigenvalue weighted by molar-refractivity contribution is -0.123. The number of anilines is 1. The van der Waals surface area contributed by atoms with Gasteiger partial charge in [-0.2, -0.15) is 0 Å². The third kappa shape index (κ3) is 2.37. The maximum absolute atomic E-state index is 12.1. The van der Waals surface area contributed by atoms with Crippen LogP contribution in [0.2, 0.25) is 0 Å². The Balaban J connectivity index is 1.81. The molecule has 0 saturated carbocycles. The van der Waals surface area contributed by atoms with Gasteiger partial charge in [-0.1, -0.05) is 17.3 Å². The summed E-state index contributed by atoms with van der Waals surface area (Å²) in [7, 11) is 0. The molecule has 102 valence electrons. The molecule has 2 heterocycles. The average molecular weight is 271 g/mol. The molecule has 1 aromatic carbocycles. The predicted octanol–water partition coefficient (Wildman–Crippen LogP) is 0.342. The fraction of sp³-hybridized carbons (Fsp3) is 0.231. The Hall–Kier alpha value is -2.70. The highest BCUT2D eigenvalue weighted by atomic mass is 16.2. The third-order valence-electron chi connectivity index (χ3n) is 3.18. The summed E-state index contributed by atoms with van der Waals surface area (Å²) in [5.74, 6) is -0.586. The molecule has 0 aliphatic carbocycles. The van der Waals surface area contributed by atoms with Crippen LogP contribution in [0.25, 0.3) is 5.69 Å². The van der Waals surface area contributed by atoms with E-state index in [9.17, 15) is 9.59 Å². The lowest BCUT2D eigenvalue weighted by Crippen LogP contribution is -2.25. The van der Waals surface area contributed by atoms with Gasteiger partial charge in [0.05, 0.1) is 29.7 Å². The van der Waals surface area contributed by atoms with Gasteiger partial charge in [-0.25, -0.2) is 4.68 Å². The first-order valence-corrected chi connectivity index (χ1v) is 6.27. The van der Waals surface area contributed by atoms with Gasteiger partial charge >= 0.3 is 0 Å². The van der Waals surface area contributed by atoms with Crippen LogP contribution in [-0.4, -0.2) is 33.4 Å². The molecule has 3 rings (SSSR count). The third-order valence-corrected chi connectivity index (χ3v) is 3.18. The highest BCUT2D eigenvalue weighted by Gasteiger charge is 2.28. The minimum absolute atomic E-state index is 0.0882. The molecule has 1 aliphatic heterocycles. The van der Waals surface area contributed by atoms with Crippen LogP contribution in [0.5, 0.6) is 0 Å². The molecular weight excluding hydrogens is 258 g/mol. The van der Waals surface area contributed by atoms with E-state index in [0.717, 1.165) is 5.69 Å². The molecule has 0 bridgehead atoms. The van der Waals surface area contributed by atoms with Crippen LogP contribution < -0.4 is 10.6 Å². The maximum atomic E-state index is 12.1. The van der Waals surface area contributed by atoms with E-state index in [0.29, 0.717) is 12.2 Å². The zero-order valence-electron chi connectivity index (χ0n) is 10.6. The van der Waals surface area contributed by atoms with E-state index in [1.807, 2.05) is 18.2 Å². The van der Waals surface area contributed by atoms with Crippen molar-refractivity contribution in [3.63, 3.8) is 0 Å². The quantitative estimate of drug-likeness (QED) is 0.842. The molecule has 1 aromatic heterocycles. The number of nitrogens with zero attached hydrogens (tertiary/aromatic N) is 3. The van der Waals surface area contributed by atoms with Crippen molar-refractivity contribution in [3.8, 4) is 5.69 Å². The molecule has 1 saturated heterocycles. The number of hydrogen-bond donors (Lipinski definition) is 2. The molecule has 2 aromatic rings. The van der Waals surface area contributed by atoms with Gasteiger partial charge in [0.1, 0.15) is 0 Å². The van der Waals surface area contributed by atoms with Gasteiger partial charge in [-0.15, -0.1) is 5.10 Å². The van der Waals surface area contributed by atoms with E-state index in [1.54, 1.807) is 23.1 Å². The number of amides is 2. The molecule has 1 atom stereocenters. The van der Waals surface area contributed by atoms with Crippen LogP contribution in [0, 0.1) is 5.92 Å². The highest BCUT2D eigenvalue weighted by Crippen LogP contribution is 2.20. The van der Waals surface area contributed by atoms with Crippen LogP contribution in [-0.2, 0) is 9.59 Å². The van der Waals surface area contributed by atoms with Crippen molar-refractivity contribution in [2.45, 2.75) is 6.42 Å². The number of benzene rings is 1. The SMILES string of the molecule is O=C1CC(C(=O)Nc2ccccc2-n2ccnn2)CN1. The molecule has 0 radical (unpaired) electrons. The van der Waals surface area contributed by atoms with Gasteiger partial charge in [0.2, 0.25) is 11.8 Å². The highest BCUT2D eigenvalue weighted by molar-refractivity contribution is 5.98. The van der Waals surface area contributed by atoms with Gasteiger partial charge in [-0.3, -0.25) is 9.59 Å². The Morgan fingerprint density at radius 2 is 2.25 bits per heavy atom. The number of para-hydroxylation sites is 2. The van der Waals surface area contributed by atoms with Crippen molar-refractivity contribution >= 4 is 17.5 Å². The van der Waals surface area contributed by atoms with Gasteiger partial charge < -0.3 is 10.6 Å². The first-order valence-electron chi connectivity index (χ1n) is 6.27. The molecule has 7 nitrogen and oxygen atoms in total. The second-order valence-electron chi connectivity index (χ2n) is 4.56. The van der Waals surface area contributed by atoms with E-state index in [4.69, 9.17) is 0 Å². The standard InChI is InChI=1S/C13H13N5O2/c19-12-7-9(8-14-12)13(20)16-10-3-1-2-4-11(10)18-6-5-15-17-18/h1-6,9H,7-8H2,(H,14,19)(H,16,20). The van der Waals surface area contributed by atoms with E-state index in [1.165, 1.54) is 0 Å². The monoisotopic (exact) mass is 271 g/mol. The lowest BCUT2D eigenvalue weighted by atomic mass is 10.1.